The van der Waals surface area contributed by atoms with Gasteiger partial charge in [0.2, 0.25) is 12.3 Å². The Kier molecular flexibility index (Phi) is 8.83. The summed E-state index contributed by atoms with van der Waals surface area (Å²) in [6.07, 6.45) is 0.473. The largest absolute Gasteiger partial charge is 0.481 e. The van der Waals surface area contributed by atoms with Crippen LogP contribution in [0.1, 0.15) is 12.6 Å². The van der Waals surface area contributed by atoms with Gasteiger partial charge in [-0.1, -0.05) is 53.4 Å². The first kappa shape index (κ1) is 27.2. The van der Waals surface area contributed by atoms with Crippen LogP contribution in [0.15, 0.2) is 19.6 Å². The van der Waals surface area contributed by atoms with Crippen LogP contribution in [-0.4, -0.2) is 84.6 Å². The number of aliphatic carboxylic acids is 1. The Labute approximate surface area is 231 Å². The molecule has 192 valence electrons. The van der Waals surface area contributed by atoms with Gasteiger partial charge < -0.3 is 20.6 Å². The van der Waals surface area contributed by atoms with Crippen LogP contribution in [0.3, 0.4) is 0 Å². The third kappa shape index (κ3) is 5.52. The molecule has 4 rings (SSSR count). The molecule has 2 unspecified atom stereocenters. The molecule has 11 nitrogen and oxygen atoms in total. The highest BCUT2D eigenvalue weighted by Gasteiger charge is 2.57. The number of hydrogen-bond acceptors (Lipinski definition) is 12. The fourth-order valence-corrected chi connectivity index (χ4v) is 9.16. The molecule has 3 amide bonds. The zero-order valence-electron chi connectivity index (χ0n) is 18.5. The van der Waals surface area contributed by atoms with E-state index in [1.165, 1.54) is 39.8 Å². The van der Waals surface area contributed by atoms with E-state index < -0.39 is 23.3 Å². The molecule has 2 saturated heterocycles. The first-order valence-electron chi connectivity index (χ1n) is 10.3. The summed E-state index contributed by atoms with van der Waals surface area (Å²) >= 11 is 12.6. The van der Waals surface area contributed by atoms with Gasteiger partial charge in [-0.3, -0.25) is 19.2 Å². The van der Waals surface area contributed by atoms with Gasteiger partial charge in [0.1, 0.15) is 16.8 Å². The van der Waals surface area contributed by atoms with Crippen molar-refractivity contribution in [3.8, 4) is 0 Å². The Morgan fingerprint density at radius 3 is 2.78 bits per heavy atom. The molecule has 0 saturated carbocycles. The minimum absolute atomic E-state index is 0.0403. The lowest BCUT2D eigenvalue weighted by molar-refractivity contribution is -0.157. The Hall–Kier alpha value is -1.85. The second-order valence-electron chi connectivity index (χ2n) is 7.58. The van der Waals surface area contributed by atoms with Crippen molar-refractivity contribution < 1.29 is 24.3 Å². The number of anilines is 1. The van der Waals surface area contributed by atoms with Crippen LogP contribution >= 0.6 is 69.6 Å². The smallest absolute Gasteiger partial charge is 0.313 e. The molecular formula is C19H19ClN6O5S5. The van der Waals surface area contributed by atoms with E-state index in [9.17, 15) is 24.3 Å². The number of carboxylic acid groups (broad SMARTS) is 1. The molecule has 4 heterocycles. The molecule has 17 heteroatoms. The quantitative estimate of drug-likeness (QED) is 0.150. The normalized spacial score (nSPS) is 23.6. The molecule has 0 bridgehead atoms. The van der Waals surface area contributed by atoms with Crippen LogP contribution < -0.4 is 10.6 Å². The van der Waals surface area contributed by atoms with Gasteiger partial charge in [-0.05, 0) is 5.75 Å². The number of aromatic nitrogens is 3. The van der Waals surface area contributed by atoms with Gasteiger partial charge in [0.05, 0.1) is 11.3 Å². The van der Waals surface area contributed by atoms with Gasteiger partial charge in [0.25, 0.3) is 5.91 Å². The molecule has 0 radical (unpaired) electrons. The van der Waals surface area contributed by atoms with Crippen molar-refractivity contribution in [3.05, 3.63) is 16.6 Å². The number of fused-ring (bicyclic) bond motifs is 1. The van der Waals surface area contributed by atoms with E-state index in [-0.39, 0.29) is 40.6 Å². The van der Waals surface area contributed by atoms with Crippen molar-refractivity contribution in [2.24, 2.45) is 5.41 Å². The topological polar surface area (TPSA) is 154 Å². The molecule has 3 N–H and O–H groups in total. The summed E-state index contributed by atoms with van der Waals surface area (Å²) < 4.78 is 1.52. The molecule has 36 heavy (non-hydrogen) atoms. The number of halogens is 1. The molecule has 2 aliphatic rings. The fourth-order valence-electron chi connectivity index (χ4n) is 3.50. The summed E-state index contributed by atoms with van der Waals surface area (Å²) in [7, 11) is 0. The number of amides is 3. The lowest BCUT2D eigenvalue weighted by atomic mass is 9.89. The van der Waals surface area contributed by atoms with E-state index >= 15 is 0 Å². The maximum absolute atomic E-state index is 12.9. The maximum Gasteiger partial charge on any atom is 0.313 e. The summed E-state index contributed by atoms with van der Waals surface area (Å²) in [5, 5.41) is 24.8. The Balaban J connectivity index is 1.38. The molecule has 2 fully saturated rings. The standard InChI is InChI=1S/C19H19ClN6O5S5/c1-2-32-17-24-25-18(36-17)35-7-19(15(30)31)5-26-13(29)11(14(26)34-6-19)23-12(28)9(3-20)10-4-33-16(22-10)21-8-27/h3-4,8,11,14H,2,5-7H2,1H3,(H,23,28)(H,30,31)(H,21,22,27)/t11?,14-,19?/m1/s1. The first-order valence-corrected chi connectivity index (χ1v) is 15.5. The average molecular weight is 607 g/mol. The van der Waals surface area contributed by atoms with Crippen molar-refractivity contribution >= 4 is 104 Å². The molecule has 2 aliphatic heterocycles. The van der Waals surface area contributed by atoms with Crippen molar-refractivity contribution in [2.45, 2.75) is 27.0 Å². The van der Waals surface area contributed by atoms with Gasteiger partial charge in [0, 0.05) is 29.0 Å². The van der Waals surface area contributed by atoms with Gasteiger partial charge >= 0.3 is 5.97 Å². The second kappa shape index (κ2) is 11.7. The number of hydrogen-bond donors (Lipinski definition) is 3. The highest BCUT2D eigenvalue weighted by Crippen LogP contribution is 2.45. The Morgan fingerprint density at radius 2 is 2.11 bits per heavy atom. The van der Waals surface area contributed by atoms with Crippen molar-refractivity contribution in [1.82, 2.24) is 25.4 Å². The van der Waals surface area contributed by atoms with Gasteiger partial charge in [-0.2, -0.15) is 0 Å². The molecular weight excluding hydrogens is 588 g/mol. The van der Waals surface area contributed by atoms with Crippen LogP contribution in [-0.2, 0) is 19.2 Å². The van der Waals surface area contributed by atoms with Crippen LogP contribution in [0, 0.1) is 5.41 Å². The number of carbonyl (C=O) groups is 4. The number of β-lactam (4-membered cyclic amide) rings is 1. The van der Waals surface area contributed by atoms with Crippen LogP contribution in [0.5, 0.6) is 0 Å². The second-order valence-corrected chi connectivity index (χ2v) is 13.5. The lowest BCUT2D eigenvalue weighted by Crippen LogP contribution is -2.74. The monoisotopic (exact) mass is 606 g/mol. The van der Waals surface area contributed by atoms with Crippen LogP contribution in [0.2, 0.25) is 0 Å². The average Bonchev–Trinajstić information content (AvgIpc) is 3.51. The molecule has 0 aromatic carbocycles. The maximum atomic E-state index is 12.9. The summed E-state index contributed by atoms with van der Waals surface area (Å²) in [6.45, 7) is 2.06. The van der Waals surface area contributed by atoms with E-state index in [1.54, 1.807) is 17.1 Å². The molecule has 0 aliphatic carbocycles. The number of rotatable bonds is 11. The molecule has 2 aromatic heterocycles. The zero-order valence-corrected chi connectivity index (χ0v) is 23.3. The highest BCUT2D eigenvalue weighted by atomic mass is 35.5. The summed E-state index contributed by atoms with van der Waals surface area (Å²) in [5.41, 5.74) is 0.224. The lowest BCUT2D eigenvalue weighted by Gasteiger charge is -2.53. The number of thiazole rings is 1. The van der Waals surface area contributed by atoms with Gasteiger partial charge in [0.15, 0.2) is 13.8 Å². The number of nitrogens with one attached hydrogen (secondary N) is 2. The summed E-state index contributed by atoms with van der Waals surface area (Å²) in [5.74, 6) is -0.538. The predicted molar refractivity (Wildman–Crippen MR) is 143 cm³/mol. The molecule has 3 atom stereocenters. The van der Waals surface area contributed by atoms with Crippen molar-refractivity contribution in [3.63, 3.8) is 0 Å². The van der Waals surface area contributed by atoms with Crippen molar-refractivity contribution in [2.75, 3.05) is 29.1 Å². The predicted octanol–water partition coefficient (Wildman–Crippen LogP) is 2.52. The van der Waals surface area contributed by atoms with Gasteiger partial charge in [-0.25, -0.2) is 4.98 Å². The van der Waals surface area contributed by atoms with E-state index in [2.05, 4.69) is 25.8 Å². The molecule has 2 aromatic rings. The number of nitrogens with zero attached hydrogens (tertiary/aromatic N) is 4. The highest BCUT2D eigenvalue weighted by molar-refractivity contribution is 8.03. The number of carbonyl (C=O) groups excluding carboxylic acids is 3. The van der Waals surface area contributed by atoms with Crippen LogP contribution in [0.4, 0.5) is 5.13 Å². The minimum Gasteiger partial charge on any atom is -0.481 e. The zero-order chi connectivity index (χ0) is 25.9. The number of carboxylic acids is 1. The number of thioether (sulfide) groups is 3. The third-order valence-corrected chi connectivity index (χ3v) is 11.3. The van der Waals surface area contributed by atoms with E-state index in [1.807, 2.05) is 6.92 Å². The van der Waals surface area contributed by atoms with Gasteiger partial charge in [-0.15, -0.1) is 33.3 Å². The van der Waals surface area contributed by atoms with Crippen LogP contribution in [0.25, 0.3) is 5.57 Å². The third-order valence-electron chi connectivity index (χ3n) is 5.33. The summed E-state index contributed by atoms with van der Waals surface area (Å²) in [4.78, 5) is 54.2. The van der Waals surface area contributed by atoms with E-state index in [4.69, 9.17) is 11.6 Å². The molecule has 0 spiro atoms. The SMILES string of the molecule is CCSc1nnc(SCC2(C(=O)O)CS[C@@H]3C(NC(=O)C(=CCl)c4csc(NC=O)n4)C(=O)N3C2)s1. The first-order chi connectivity index (χ1) is 17.3. The van der Waals surface area contributed by atoms with Crippen molar-refractivity contribution in [1.29, 1.82) is 0 Å². The fraction of sp³-hybridized carbons (Fsp3) is 0.421. The Bertz CT molecular complexity index is 1210. The summed E-state index contributed by atoms with van der Waals surface area (Å²) in [6, 6.07) is -0.809. The Morgan fingerprint density at radius 1 is 1.36 bits per heavy atom. The van der Waals surface area contributed by atoms with E-state index in [0.717, 1.165) is 27.0 Å². The van der Waals surface area contributed by atoms with E-state index in [0.29, 0.717) is 15.9 Å². The minimum atomic E-state index is -1.15.